The van der Waals surface area contributed by atoms with Crippen molar-refractivity contribution in [1.82, 2.24) is 4.90 Å². The number of rotatable bonds is 5. The van der Waals surface area contributed by atoms with Crippen molar-refractivity contribution in [3.8, 4) is 0 Å². The van der Waals surface area contributed by atoms with Gasteiger partial charge < -0.3 is 14.7 Å². The molecule has 1 amide bonds. The SMILES string of the molecule is CC(C)(CC(=O)O)CC(=O)N1CCOC(C)(C)C1c1ccccc1. The molecule has 1 unspecified atom stereocenters. The second-order valence-corrected chi connectivity index (χ2v) is 7.76. The summed E-state index contributed by atoms with van der Waals surface area (Å²) in [5, 5.41) is 9.04. The van der Waals surface area contributed by atoms with E-state index in [9.17, 15) is 9.59 Å². The molecule has 1 fully saturated rings. The Morgan fingerprint density at radius 1 is 1.25 bits per heavy atom. The molecule has 24 heavy (non-hydrogen) atoms. The highest BCUT2D eigenvalue weighted by Crippen LogP contribution is 2.39. The molecular formula is C19H27NO4. The van der Waals surface area contributed by atoms with Crippen LogP contribution in [0.1, 0.15) is 52.1 Å². The number of aliphatic carboxylic acids is 1. The van der Waals surface area contributed by atoms with Crippen molar-refractivity contribution in [2.75, 3.05) is 13.2 Å². The maximum atomic E-state index is 12.9. The number of carbonyl (C=O) groups is 2. The van der Waals surface area contributed by atoms with Crippen molar-refractivity contribution in [3.63, 3.8) is 0 Å². The molecule has 0 radical (unpaired) electrons. The minimum absolute atomic E-state index is 0.0218. The van der Waals surface area contributed by atoms with Crippen LogP contribution in [0.3, 0.4) is 0 Å². The number of carbonyl (C=O) groups excluding carboxylic acids is 1. The lowest BCUT2D eigenvalue weighted by molar-refractivity contribution is -0.163. The number of carboxylic acids is 1. The first-order valence-corrected chi connectivity index (χ1v) is 8.32. The van der Waals surface area contributed by atoms with Crippen molar-refractivity contribution < 1.29 is 19.4 Å². The molecule has 1 atom stereocenters. The number of morpholine rings is 1. The van der Waals surface area contributed by atoms with Gasteiger partial charge in [0.1, 0.15) is 0 Å². The number of nitrogens with zero attached hydrogens (tertiary/aromatic N) is 1. The van der Waals surface area contributed by atoms with Crippen molar-refractivity contribution >= 4 is 11.9 Å². The number of ether oxygens (including phenoxy) is 1. The minimum atomic E-state index is -0.880. The zero-order valence-electron chi connectivity index (χ0n) is 14.9. The average molecular weight is 333 g/mol. The van der Waals surface area contributed by atoms with E-state index < -0.39 is 17.0 Å². The van der Waals surface area contributed by atoms with Gasteiger partial charge in [-0.15, -0.1) is 0 Å². The van der Waals surface area contributed by atoms with E-state index in [-0.39, 0.29) is 24.8 Å². The third kappa shape index (κ3) is 4.35. The molecule has 1 aromatic rings. The van der Waals surface area contributed by atoms with Gasteiger partial charge in [-0.25, -0.2) is 0 Å². The van der Waals surface area contributed by atoms with Crippen LogP contribution in [0.5, 0.6) is 0 Å². The molecule has 0 aromatic heterocycles. The van der Waals surface area contributed by atoms with Crippen LogP contribution in [0, 0.1) is 5.41 Å². The van der Waals surface area contributed by atoms with Gasteiger partial charge >= 0.3 is 5.97 Å². The summed E-state index contributed by atoms with van der Waals surface area (Å²) >= 11 is 0. The molecule has 1 saturated heterocycles. The van der Waals surface area contributed by atoms with Crippen LogP contribution < -0.4 is 0 Å². The minimum Gasteiger partial charge on any atom is -0.481 e. The Hall–Kier alpha value is -1.88. The molecule has 0 spiro atoms. The topological polar surface area (TPSA) is 66.8 Å². The molecule has 132 valence electrons. The predicted octanol–water partition coefficient (Wildman–Crippen LogP) is 3.26. The van der Waals surface area contributed by atoms with Gasteiger partial charge in [-0.1, -0.05) is 44.2 Å². The number of hydrogen-bond donors (Lipinski definition) is 1. The van der Waals surface area contributed by atoms with Gasteiger partial charge in [0.15, 0.2) is 0 Å². The monoisotopic (exact) mass is 333 g/mol. The van der Waals surface area contributed by atoms with Gasteiger partial charge in [0, 0.05) is 13.0 Å². The standard InChI is InChI=1S/C19H27NO4/c1-18(2,13-16(22)23)12-15(21)20-10-11-24-19(3,4)17(20)14-8-6-5-7-9-14/h5-9,17H,10-13H2,1-4H3,(H,22,23). The predicted molar refractivity (Wildman–Crippen MR) is 91.6 cm³/mol. The van der Waals surface area contributed by atoms with Crippen LogP contribution in [-0.2, 0) is 14.3 Å². The third-order valence-electron chi connectivity index (χ3n) is 4.47. The Morgan fingerprint density at radius 3 is 2.46 bits per heavy atom. The van der Waals surface area contributed by atoms with E-state index in [0.29, 0.717) is 13.2 Å². The summed E-state index contributed by atoms with van der Waals surface area (Å²) in [5.41, 5.74) is -0.0367. The molecule has 1 aliphatic rings. The maximum absolute atomic E-state index is 12.9. The highest BCUT2D eigenvalue weighted by Gasteiger charge is 2.42. The third-order valence-corrected chi connectivity index (χ3v) is 4.47. The highest BCUT2D eigenvalue weighted by atomic mass is 16.5. The second kappa shape index (κ2) is 6.93. The van der Waals surface area contributed by atoms with Gasteiger partial charge in [0.05, 0.1) is 24.7 Å². The van der Waals surface area contributed by atoms with Crippen LogP contribution in [0.15, 0.2) is 30.3 Å². The summed E-state index contributed by atoms with van der Waals surface area (Å²) in [6, 6.07) is 9.68. The molecular weight excluding hydrogens is 306 g/mol. The quantitative estimate of drug-likeness (QED) is 0.898. The lowest BCUT2D eigenvalue weighted by Gasteiger charge is -2.47. The Balaban J connectivity index is 2.25. The van der Waals surface area contributed by atoms with E-state index in [4.69, 9.17) is 9.84 Å². The van der Waals surface area contributed by atoms with Crippen LogP contribution in [0.2, 0.25) is 0 Å². The highest BCUT2D eigenvalue weighted by molar-refractivity contribution is 5.79. The van der Waals surface area contributed by atoms with Crippen molar-refractivity contribution in [1.29, 1.82) is 0 Å². The first-order chi connectivity index (χ1) is 11.1. The summed E-state index contributed by atoms with van der Waals surface area (Å²) in [6.07, 6.45) is 0.182. The maximum Gasteiger partial charge on any atom is 0.303 e. The Bertz CT molecular complexity index is 595. The summed E-state index contributed by atoms with van der Waals surface area (Å²) in [4.78, 5) is 25.8. The van der Waals surface area contributed by atoms with Crippen LogP contribution >= 0.6 is 0 Å². The number of amides is 1. The van der Waals surface area contributed by atoms with Gasteiger partial charge in [0.25, 0.3) is 0 Å². The van der Waals surface area contributed by atoms with Crippen molar-refractivity contribution in [3.05, 3.63) is 35.9 Å². The molecule has 1 aliphatic heterocycles. The molecule has 1 N–H and O–H groups in total. The summed E-state index contributed by atoms with van der Waals surface area (Å²) in [7, 11) is 0. The zero-order chi connectivity index (χ0) is 18.0. The Kier molecular flexibility index (Phi) is 5.33. The summed E-state index contributed by atoms with van der Waals surface area (Å²) < 4.78 is 5.92. The van der Waals surface area contributed by atoms with Crippen LogP contribution in [0.4, 0.5) is 0 Å². The van der Waals surface area contributed by atoms with E-state index in [2.05, 4.69) is 0 Å². The number of carboxylic acid groups (broad SMARTS) is 1. The van der Waals surface area contributed by atoms with Gasteiger partial charge in [-0.3, -0.25) is 9.59 Å². The Morgan fingerprint density at radius 2 is 1.88 bits per heavy atom. The molecule has 0 bridgehead atoms. The molecule has 5 nitrogen and oxygen atoms in total. The van der Waals surface area contributed by atoms with E-state index in [1.807, 2.05) is 62.9 Å². The van der Waals surface area contributed by atoms with Crippen LogP contribution in [-0.4, -0.2) is 40.6 Å². The zero-order valence-corrected chi connectivity index (χ0v) is 14.9. The normalized spacial score (nSPS) is 20.7. The lowest BCUT2D eigenvalue weighted by atomic mass is 9.83. The molecule has 5 heteroatoms. The van der Waals surface area contributed by atoms with Gasteiger partial charge in [0.2, 0.25) is 5.91 Å². The number of hydrogen-bond acceptors (Lipinski definition) is 3. The van der Waals surface area contributed by atoms with Gasteiger partial charge in [-0.2, -0.15) is 0 Å². The largest absolute Gasteiger partial charge is 0.481 e. The first kappa shape index (κ1) is 18.5. The molecule has 2 rings (SSSR count). The van der Waals surface area contributed by atoms with Crippen molar-refractivity contribution in [2.45, 2.75) is 52.2 Å². The lowest BCUT2D eigenvalue weighted by Crippen LogP contribution is -2.53. The van der Waals surface area contributed by atoms with E-state index in [0.717, 1.165) is 5.56 Å². The summed E-state index contributed by atoms with van der Waals surface area (Å²) in [6.45, 7) is 8.63. The molecule has 1 aromatic carbocycles. The molecule has 0 aliphatic carbocycles. The van der Waals surface area contributed by atoms with Crippen molar-refractivity contribution in [2.24, 2.45) is 5.41 Å². The smallest absolute Gasteiger partial charge is 0.303 e. The summed E-state index contributed by atoms with van der Waals surface area (Å²) in [5.74, 6) is -0.902. The second-order valence-electron chi connectivity index (χ2n) is 7.76. The molecule has 0 saturated carbocycles. The Labute approximate surface area is 143 Å². The van der Waals surface area contributed by atoms with E-state index in [1.54, 1.807) is 0 Å². The van der Waals surface area contributed by atoms with E-state index in [1.165, 1.54) is 0 Å². The van der Waals surface area contributed by atoms with E-state index >= 15 is 0 Å². The van der Waals surface area contributed by atoms with Gasteiger partial charge in [-0.05, 0) is 24.8 Å². The molecule has 1 heterocycles. The fourth-order valence-electron chi connectivity index (χ4n) is 3.46. The first-order valence-electron chi connectivity index (χ1n) is 8.32. The average Bonchev–Trinajstić information content (AvgIpc) is 2.44. The van der Waals surface area contributed by atoms with Crippen LogP contribution in [0.25, 0.3) is 0 Å². The number of benzene rings is 1. The fourth-order valence-corrected chi connectivity index (χ4v) is 3.46. The fraction of sp³-hybridized carbons (Fsp3) is 0.579.